The number of anilines is 1. The van der Waals surface area contributed by atoms with E-state index in [1.54, 1.807) is 25.1 Å². The zero-order chi connectivity index (χ0) is 16.3. The minimum absolute atomic E-state index is 0.154. The largest absolute Gasteiger partial charge is 0.483 e. The Balaban J connectivity index is 2.03. The van der Waals surface area contributed by atoms with E-state index in [2.05, 4.69) is 5.32 Å². The molecule has 5 heteroatoms. The van der Waals surface area contributed by atoms with Gasteiger partial charge in [0.15, 0.2) is 6.61 Å². The Hall–Kier alpha value is -2.07. The van der Waals surface area contributed by atoms with Crippen molar-refractivity contribution in [2.45, 2.75) is 20.8 Å². The molecule has 0 atom stereocenters. The third-order valence-electron chi connectivity index (χ3n) is 3.25. The maximum Gasteiger partial charge on any atom is 0.262 e. The molecule has 0 saturated carbocycles. The van der Waals surface area contributed by atoms with E-state index in [9.17, 15) is 9.18 Å². The number of rotatable bonds is 4. The molecule has 1 N–H and O–H groups in total. The van der Waals surface area contributed by atoms with Gasteiger partial charge in [0.2, 0.25) is 0 Å². The van der Waals surface area contributed by atoms with Gasteiger partial charge in [0.25, 0.3) is 5.91 Å². The first-order valence-corrected chi connectivity index (χ1v) is 7.20. The smallest absolute Gasteiger partial charge is 0.262 e. The van der Waals surface area contributed by atoms with Gasteiger partial charge in [0.05, 0.1) is 0 Å². The van der Waals surface area contributed by atoms with Gasteiger partial charge in [-0.3, -0.25) is 4.79 Å². The Morgan fingerprint density at radius 1 is 1.14 bits per heavy atom. The summed E-state index contributed by atoms with van der Waals surface area (Å²) in [5, 5.41) is 3.27. The van der Waals surface area contributed by atoms with Crippen LogP contribution in [-0.4, -0.2) is 12.5 Å². The van der Waals surface area contributed by atoms with E-state index in [1.165, 1.54) is 12.1 Å². The molecule has 0 unspecified atom stereocenters. The summed E-state index contributed by atoms with van der Waals surface area (Å²) >= 11 is 5.95. The lowest BCUT2D eigenvalue weighted by Gasteiger charge is -2.13. The van der Waals surface area contributed by atoms with E-state index in [0.717, 1.165) is 16.7 Å². The van der Waals surface area contributed by atoms with Crippen LogP contribution < -0.4 is 10.1 Å². The number of amides is 1. The Kier molecular flexibility index (Phi) is 5.03. The molecule has 22 heavy (non-hydrogen) atoms. The highest BCUT2D eigenvalue weighted by Gasteiger charge is 2.10. The molecule has 3 nitrogen and oxygen atoms in total. The number of ether oxygens (including phenoxy) is 1. The van der Waals surface area contributed by atoms with Gasteiger partial charge in [0, 0.05) is 10.7 Å². The molecule has 116 valence electrons. The predicted molar refractivity (Wildman–Crippen MR) is 86.2 cm³/mol. The van der Waals surface area contributed by atoms with Crippen LogP contribution in [0.5, 0.6) is 5.75 Å². The van der Waals surface area contributed by atoms with Crippen LogP contribution in [0.2, 0.25) is 5.02 Å². The second kappa shape index (κ2) is 6.79. The first kappa shape index (κ1) is 16.3. The monoisotopic (exact) mass is 321 g/mol. The Labute approximate surface area is 134 Å². The van der Waals surface area contributed by atoms with Crippen LogP contribution in [0, 0.1) is 26.6 Å². The van der Waals surface area contributed by atoms with Crippen molar-refractivity contribution in [3.8, 4) is 5.75 Å². The van der Waals surface area contributed by atoms with Crippen molar-refractivity contribution >= 4 is 23.2 Å². The number of halogens is 2. The molecule has 0 aliphatic heterocycles. The maximum absolute atomic E-state index is 13.2. The number of aryl methyl sites for hydroxylation is 3. The lowest BCUT2D eigenvalue weighted by molar-refractivity contribution is -0.118. The zero-order valence-corrected chi connectivity index (χ0v) is 13.4. The predicted octanol–water partition coefficient (Wildman–Crippen LogP) is 4.42. The molecule has 0 radical (unpaired) electrons. The SMILES string of the molecule is Cc1ccc(F)cc1NC(=O)COc1c(C)cc(Cl)cc1C. The summed E-state index contributed by atoms with van der Waals surface area (Å²) < 4.78 is 18.8. The molecule has 0 bridgehead atoms. The van der Waals surface area contributed by atoms with E-state index in [0.29, 0.717) is 16.5 Å². The number of carbonyl (C=O) groups is 1. The van der Waals surface area contributed by atoms with Gasteiger partial charge in [-0.25, -0.2) is 4.39 Å². The highest BCUT2D eigenvalue weighted by atomic mass is 35.5. The molecule has 0 aliphatic rings. The highest BCUT2D eigenvalue weighted by molar-refractivity contribution is 6.30. The van der Waals surface area contributed by atoms with Crippen LogP contribution in [0.1, 0.15) is 16.7 Å². The molecule has 0 saturated heterocycles. The topological polar surface area (TPSA) is 38.3 Å². The quantitative estimate of drug-likeness (QED) is 0.905. The Morgan fingerprint density at radius 3 is 2.41 bits per heavy atom. The van der Waals surface area contributed by atoms with E-state index in [4.69, 9.17) is 16.3 Å². The Morgan fingerprint density at radius 2 is 1.77 bits per heavy atom. The summed E-state index contributed by atoms with van der Waals surface area (Å²) in [6.07, 6.45) is 0. The van der Waals surface area contributed by atoms with Crippen molar-refractivity contribution in [3.05, 3.63) is 57.9 Å². The normalized spacial score (nSPS) is 10.4. The van der Waals surface area contributed by atoms with Crippen LogP contribution in [-0.2, 0) is 4.79 Å². The average molecular weight is 322 g/mol. The first-order chi connectivity index (χ1) is 10.4. The minimum atomic E-state index is -0.397. The van der Waals surface area contributed by atoms with Gasteiger partial charge in [-0.05, 0) is 61.7 Å². The lowest BCUT2D eigenvalue weighted by atomic mass is 10.1. The molecular formula is C17H17ClFNO2. The van der Waals surface area contributed by atoms with E-state index < -0.39 is 5.82 Å². The van der Waals surface area contributed by atoms with Crippen LogP contribution in [0.3, 0.4) is 0 Å². The van der Waals surface area contributed by atoms with Crippen molar-refractivity contribution in [1.82, 2.24) is 0 Å². The van der Waals surface area contributed by atoms with Gasteiger partial charge in [-0.15, -0.1) is 0 Å². The van der Waals surface area contributed by atoms with Crippen molar-refractivity contribution in [3.63, 3.8) is 0 Å². The molecule has 0 heterocycles. The van der Waals surface area contributed by atoms with Gasteiger partial charge in [0.1, 0.15) is 11.6 Å². The molecule has 2 aromatic carbocycles. The molecular weight excluding hydrogens is 305 g/mol. The number of nitrogens with one attached hydrogen (secondary N) is 1. The van der Waals surface area contributed by atoms with E-state index in [-0.39, 0.29) is 12.5 Å². The van der Waals surface area contributed by atoms with Crippen molar-refractivity contribution in [1.29, 1.82) is 0 Å². The summed E-state index contributed by atoms with van der Waals surface area (Å²) in [5.74, 6) is -0.107. The van der Waals surface area contributed by atoms with Gasteiger partial charge >= 0.3 is 0 Å². The highest BCUT2D eigenvalue weighted by Crippen LogP contribution is 2.27. The first-order valence-electron chi connectivity index (χ1n) is 6.82. The van der Waals surface area contributed by atoms with Crippen LogP contribution >= 0.6 is 11.6 Å². The molecule has 2 rings (SSSR count). The summed E-state index contributed by atoms with van der Waals surface area (Å²) in [4.78, 5) is 12.0. The van der Waals surface area contributed by atoms with Crippen molar-refractivity contribution < 1.29 is 13.9 Å². The van der Waals surface area contributed by atoms with Crippen molar-refractivity contribution in [2.75, 3.05) is 11.9 Å². The van der Waals surface area contributed by atoms with Gasteiger partial charge in [-0.1, -0.05) is 17.7 Å². The second-order valence-electron chi connectivity index (χ2n) is 5.16. The van der Waals surface area contributed by atoms with Crippen LogP contribution in [0.15, 0.2) is 30.3 Å². The molecule has 0 aliphatic carbocycles. The summed E-state index contributed by atoms with van der Waals surface area (Å²) in [6, 6.07) is 7.80. The fraction of sp³-hybridized carbons (Fsp3) is 0.235. The van der Waals surface area contributed by atoms with E-state index >= 15 is 0 Å². The number of hydrogen-bond donors (Lipinski definition) is 1. The third-order valence-corrected chi connectivity index (χ3v) is 3.46. The molecule has 0 spiro atoms. The maximum atomic E-state index is 13.2. The fourth-order valence-corrected chi connectivity index (χ4v) is 2.51. The van der Waals surface area contributed by atoms with Gasteiger partial charge < -0.3 is 10.1 Å². The van der Waals surface area contributed by atoms with Crippen LogP contribution in [0.25, 0.3) is 0 Å². The minimum Gasteiger partial charge on any atom is -0.483 e. The fourth-order valence-electron chi connectivity index (χ4n) is 2.18. The third kappa shape index (κ3) is 3.98. The molecule has 1 amide bonds. The molecule has 0 aromatic heterocycles. The number of hydrogen-bond acceptors (Lipinski definition) is 2. The summed E-state index contributed by atoms with van der Waals surface area (Å²) in [7, 11) is 0. The van der Waals surface area contributed by atoms with Crippen molar-refractivity contribution in [2.24, 2.45) is 0 Å². The summed E-state index contributed by atoms with van der Waals surface area (Å²) in [5.41, 5.74) is 2.95. The second-order valence-corrected chi connectivity index (χ2v) is 5.60. The van der Waals surface area contributed by atoms with Crippen LogP contribution in [0.4, 0.5) is 10.1 Å². The Bertz CT molecular complexity index is 693. The number of benzene rings is 2. The summed E-state index contributed by atoms with van der Waals surface area (Å²) in [6.45, 7) is 5.37. The lowest BCUT2D eigenvalue weighted by Crippen LogP contribution is -2.21. The molecule has 2 aromatic rings. The molecule has 0 fully saturated rings. The number of carbonyl (C=O) groups excluding carboxylic acids is 1. The standard InChI is InChI=1S/C17H17ClFNO2/c1-10-4-5-14(19)8-15(10)20-16(21)9-22-17-11(2)6-13(18)7-12(17)3/h4-8H,9H2,1-3H3,(H,20,21). The zero-order valence-electron chi connectivity index (χ0n) is 12.7. The van der Waals surface area contributed by atoms with Gasteiger partial charge in [-0.2, -0.15) is 0 Å². The van der Waals surface area contributed by atoms with E-state index in [1.807, 2.05) is 13.8 Å². The average Bonchev–Trinajstić information content (AvgIpc) is 2.41.